The fourth-order valence-electron chi connectivity index (χ4n) is 6.40. The fraction of sp³-hybridized carbons (Fsp3) is 0.700. The van der Waals surface area contributed by atoms with Crippen LogP contribution in [0.1, 0.15) is 58.8 Å². The Hall–Kier alpha value is -1.18. The van der Waals surface area contributed by atoms with Crippen molar-refractivity contribution >= 4 is 11.6 Å². The fourth-order valence-corrected chi connectivity index (χ4v) is 6.40. The van der Waals surface area contributed by atoms with Gasteiger partial charge in [-0.2, -0.15) is 0 Å². The predicted molar refractivity (Wildman–Crippen MR) is 86.2 cm³/mol. The summed E-state index contributed by atoms with van der Waals surface area (Å²) in [5.74, 6) is 0.657. The van der Waals surface area contributed by atoms with Crippen molar-refractivity contribution in [2.75, 3.05) is 0 Å². The molecule has 2 heteroatoms. The number of hydrogen-bond donors (Lipinski definition) is 0. The molecule has 5 atom stereocenters. The summed E-state index contributed by atoms with van der Waals surface area (Å²) < 4.78 is 0. The average molecular weight is 298 g/mol. The Morgan fingerprint density at radius 2 is 2.00 bits per heavy atom. The zero-order valence-electron chi connectivity index (χ0n) is 13.8. The van der Waals surface area contributed by atoms with Gasteiger partial charge in [-0.15, -0.1) is 0 Å². The molecule has 4 aliphatic carbocycles. The van der Waals surface area contributed by atoms with Gasteiger partial charge < -0.3 is 0 Å². The second-order valence-electron chi connectivity index (χ2n) is 8.64. The van der Waals surface area contributed by atoms with E-state index in [1.807, 2.05) is 0 Å². The molecule has 4 aliphatic rings. The molecule has 0 aromatic carbocycles. The first-order valence-corrected chi connectivity index (χ1v) is 8.83. The van der Waals surface area contributed by atoms with Gasteiger partial charge >= 0.3 is 0 Å². The molecule has 0 unspecified atom stereocenters. The highest BCUT2D eigenvalue weighted by Crippen LogP contribution is 2.64. The standard InChI is InChI=1S/C20H26O2/c1-12-10-13-15(20(3)8-5-4-6-14(12)20)7-9-19(2)11-16(21)18(22)17(13)19/h6,13,15,17H,1,4-5,7-11H2,2-3H3/t13-,15+,17-,19-,20+/m1/s1. The van der Waals surface area contributed by atoms with E-state index in [1.165, 1.54) is 36.8 Å². The third kappa shape index (κ3) is 1.67. The Bertz CT molecular complexity index is 613. The van der Waals surface area contributed by atoms with Crippen LogP contribution < -0.4 is 0 Å². The van der Waals surface area contributed by atoms with Crippen molar-refractivity contribution in [3.63, 3.8) is 0 Å². The second kappa shape index (κ2) is 4.43. The lowest BCUT2D eigenvalue weighted by atomic mass is 9.47. The van der Waals surface area contributed by atoms with Crippen LogP contribution in [0.5, 0.6) is 0 Å². The van der Waals surface area contributed by atoms with Crippen LogP contribution in [0, 0.1) is 28.6 Å². The van der Waals surface area contributed by atoms with Gasteiger partial charge in [0.15, 0.2) is 5.78 Å². The van der Waals surface area contributed by atoms with Gasteiger partial charge in [-0.3, -0.25) is 9.59 Å². The summed E-state index contributed by atoms with van der Waals surface area (Å²) >= 11 is 0. The summed E-state index contributed by atoms with van der Waals surface area (Å²) in [5, 5.41) is 0. The van der Waals surface area contributed by atoms with E-state index < -0.39 is 0 Å². The zero-order chi connectivity index (χ0) is 15.7. The van der Waals surface area contributed by atoms with Gasteiger partial charge in [0.05, 0.1) is 0 Å². The SMILES string of the molecule is C=C1C[C@H]2[C@@H]3C(=O)C(=O)C[C@@]3(C)CC[C@@H]2[C@@]2(C)CCCC=C12. The quantitative estimate of drug-likeness (QED) is 0.626. The number of ketones is 2. The third-order valence-electron chi connectivity index (χ3n) is 7.39. The largest absolute Gasteiger partial charge is 0.291 e. The van der Waals surface area contributed by atoms with Gasteiger partial charge in [0, 0.05) is 12.3 Å². The van der Waals surface area contributed by atoms with Gasteiger partial charge in [0.1, 0.15) is 0 Å². The molecule has 0 aromatic heterocycles. The minimum atomic E-state index is -0.117. The van der Waals surface area contributed by atoms with Crippen LogP contribution in [0.15, 0.2) is 23.8 Å². The molecule has 0 heterocycles. The van der Waals surface area contributed by atoms with E-state index in [-0.39, 0.29) is 28.3 Å². The molecule has 3 fully saturated rings. The first-order valence-electron chi connectivity index (χ1n) is 8.83. The number of rotatable bonds is 0. The number of carbonyl (C=O) groups is 2. The molecule has 22 heavy (non-hydrogen) atoms. The van der Waals surface area contributed by atoms with Crippen LogP contribution in [0.2, 0.25) is 0 Å². The Labute approximate surface area is 133 Å². The van der Waals surface area contributed by atoms with Crippen molar-refractivity contribution in [3.8, 4) is 0 Å². The second-order valence-corrected chi connectivity index (χ2v) is 8.64. The first-order chi connectivity index (χ1) is 10.4. The Morgan fingerprint density at radius 1 is 1.23 bits per heavy atom. The van der Waals surface area contributed by atoms with E-state index in [4.69, 9.17) is 0 Å². The lowest BCUT2D eigenvalue weighted by Gasteiger charge is -2.57. The molecule has 0 radical (unpaired) electrons. The first kappa shape index (κ1) is 14.4. The van der Waals surface area contributed by atoms with Crippen LogP contribution in [0.25, 0.3) is 0 Å². The van der Waals surface area contributed by atoms with E-state index in [0.29, 0.717) is 18.3 Å². The lowest BCUT2D eigenvalue weighted by molar-refractivity contribution is -0.139. The molecule has 0 saturated heterocycles. The molecule has 0 aromatic rings. The molecule has 0 aliphatic heterocycles. The maximum atomic E-state index is 12.6. The van der Waals surface area contributed by atoms with Crippen LogP contribution in [-0.4, -0.2) is 11.6 Å². The minimum Gasteiger partial charge on any atom is -0.291 e. The number of carbonyl (C=O) groups excluding carboxylic acids is 2. The summed E-state index contributed by atoms with van der Waals surface area (Å²) in [6.07, 6.45) is 9.62. The van der Waals surface area contributed by atoms with Crippen LogP contribution in [-0.2, 0) is 9.59 Å². The molecule has 4 rings (SSSR count). The van der Waals surface area contributed by atoms with Crippen molar-refractivity contribution < 1.29 is 9.59 Å². The maximum Gasteiger partial charge on any atom is 0.202 e. The molecule has 0 spiro atoms. The Morgan fingerprint density at radius 3 is 2.77 bits per heavy atom. The Balaban J connectivity index is 1.79. The van der Waals surface area contributed by atoms with E-state index in [9.17, 15) is 9.59 Å². The molecule has 118 valence electrons. The van der Waals surface area contributed by atoms with Crippen molar-refractivity contribution in [2.45, 2.75) is 58.8 Å². The highest BCUT2D eigenvalue weighted by molar-refractivity contribution is 6.40. The molecule has 3 saturated carbocycles. The highest BCUT2D eigenvalue weighted by atomic mass is 16.2. The van der Waals surface area contributed by atoms with Gasteiger partial charge in [-0.25, -0.2) is 0 Å². The van der Waals surface area contributed by atoms with Crippen LogP contribution in [0.4, 0.5) is 0 Å². The van der Waals surface area contributed by atoms with Crippen molar-refractivity contribution in [1.82, 2.24) is 0 Å². The average Bonchev–Trinajstić information content (AvgIpc) is 2.69. The molecular weight excluding hydrogens is 272 g/mol. The zero-order valence-corrected chi connectivity index (χ0v) is 13.8. The van der Waals surface area contributed by atoms with Crippen molar-refractivity contribution in [3.05, 3.63) is 23.8 Å². The van der Waals surface area contributed by atoms with Crippen LogP contribution in [0.3, 0.4) is 0 Å². The van der Waals surface area contributed by atoms with E-state index >= 15 is 0 Å². The minimum absolute atomic E-state index is 0.0456. The van der Waals surface area contributed by atoms with Crippen molar-refractivity contribution in [2.24, 2.45) is 28.6 Å². The third-order valence-corrected chi connectivity index (χ3v) is 7.39. The summed E-state index contributed by atoms with van der Waals surface area (Å²) in [6.45, 7) is 8.92. The lowest BCUT2D eigenvalue weighted by Crippen LogP contribution is -2.50. The topological polar surface area (TPSA) is 34.1 Å². The van der Waals surface area contributed by atoms with Gasteiger partial charge in [-0.05, 0) is 66.8 Å². The maximum absolute atomic E-state index is 12.6. The molecule has 0 N–H and O–H groups in total. The van der Waals surface area contributed by atoms with Crippen LogP contribution >= 0.6 is 0 Å². The normalized spacial score (nSPS) is 47.6. The molecular formula is C20H26O2. The smallest absolute Gasteiger partial charge is 0.202 e. The summed E-state index contributed by atoms with van der Waals surface area (Å²) in [5.41, 5.74) is 2.81. The van der Waals surface area contributed by atoms with E-state index in [2.05, 4.69) is 26.5 Å². The summed E-state index contributed by atoms with van der Waals surface area (Å²) in [6, 6.07) is 0. The van der Waals surface area contributed by atoms with Gasteiger partial charge in [-0.1, -0.05) is 32.1 Å². The predicted octanol–water partition coefficient (Wildman–Crippen LogP) is 4.25. The summed E-state index contributed by atoms with van der Waals surface area (Å²) in [7, 11) is 0. The Kier molecular flexibility index (Phi) is 2.90. The van der Waals surface area contributed by atoms with Crippen molar-refractivity contribution in [1.29, 1.82) is 0 Å². The number of fused-ring (bicyclic) bond motifs is 5. The molecule has 0 bridgehead atoms. The monoisotopic (exact) mass is 298 g/mol. The van der Waals surface area contributed by atoms with E-state index in [0.717, 1.165) is 12.8 Å². The number of Topliss-reactive ketones (excluding diaryl/α,β-unsaturated/α-hetero) is 2. The number of hydrogen-bond acceptors (Lipinski definition) is 2. The van der Waals surface area contributed by atoms with E-state index in [1.54, 1.807) is 0 Å². The molecule has 2 nitrogen and oxygen atoms in total. The van der Waals surface area contributed by atoms with Gasteiger partial charge in [0.25, 0.3) is 0 Å². The van der Waals surface area contributed by atoms with Gasteiger partial charge in [0.2, 0.25) is 5.78 Å². The highest BCUT2D eigenvalue weighted by Gasteiger charge is 2.61. The summed E-state index contributed by atoms with van der Waals surface area (Å²) in [4.78, 5) is 24.7. The number of allylic oxidation sites excluding steroid dienone is 3. The molecule has 0 amide bonds.